The lowest BCUT2D eigenvalue weighted by molar-refractivity contribution is 0.259. The molecule has 0 saturated heterocycles. The summed E-state index contributed by atoms with van der Waals surface area (Å²) in [6, 6.07) is 9.04. The van der Waals surface area contributed by atoms with E-state index in [-0.39, 0.29) is 0 Å². The Morgan fingerprint density at radius 3 is 2.58 bits per heavy atom. The summed E-state index contributed by atoms with van der Waals surface area (Å²) in [7, 11) is 1.71. The Morgan fingerprint density at radius 1 is 1.21 bits per heavy atom. The van der Waals surface area contributed by atoms with Crippen LogP contribution in [0.1, 0.15) is 38.2 Å². The van der Waals surface area contributed by atoms with E-state index in [4.69, 9.17) is 4.74 Å². The monoisotopic (exact) mass is 259 g/mol. The smallest absolute Gasteiger partial charge is 0.118 e. The van der Waals surface area contributed by atoms with Crippen LogP contribution in [-0.4, -0.2) is 13.2 Å². The highest BCUT2D eigenvalue weighted by molar-refractivity contribution is 5.27. The SMILES string of the molecule is COc1ccc(CN[C@H](C)[C@@H]2C[C@H]3CC[C@H]2C3)cc1. The quantitative estimate of drug-likeness (QED) is 0.872. The zero-order valence-electron chi connectivity index (χ0n) is 12.1. The van der Waals surface area contributed by atoms with Crippen molar-refractivity contribution in [1.82, 2.24) is 5.32 Å². The second kappa shape index (κ2) is 5.54. The third-order valence-corrected chi connectivity index (χ3v) is 5.22. The molecule has 2 bridgehead atoms. The molecule has 2 fully saturated rings. The summed E-state index contributed by atoms with van der Waals surface area (Å²) in [5.41, 5.74) is 1.34. The molecule has 0 spiro atoms. The van der Waals surface area contributed by atoms with Crippen molar-refractivity contribution in [2.24, 2.45) is 17.8 Å². The number of nitrogens with one attached hydrogen (secondary N) is 1. The molecule has 3 rings (SSSR count). The summed E-state index contributed by atoms with van der Waals surface area (Å²) in [4.78, 5) is 0. The van der Waals surface area contributed by atoms with Crippen LogP contribution in [0.15, 0.2) is 24.3 Å². The number of rotatable bonds is 5. The fourth-order valence-corrected chi connectivity index (χ4v) is 4.08. The molecule has 2 heteroatoms. The average Bonchev–Trinajstić information content (AvgIpc) is 3.08. The minimum atomic E-state index is 0.650. The molecule has 0 amide bonds. The van der Waals surface area contributed by atoms with E-state index in [1.165, 1.54) is 31.2 Å². The van der Waals surface area contributed by atoms with E-state index in [2.05, 4.69) is 24.4 Å². The molecule has 1 N–H and O–H groups in total. The molecular weight excluding hydrogens is 234 g/mol. The van der Waals surface area contributed by atoms with Gasteiger partial charge < -0.3 is 10.1 Å². The number of ether oxygens (including phenoxy) is 1. The topological polar surface area (TPSA) is 21.3 Å². The molecule has 0 unspecified atom stereocenters. The lowest BCUT2D eigenvalue weighted by atomic mass is 9.84. The van der Waals surface area contributed by atoms with Gasteiger partial charge in [0.15, 0.2) is 0 Å². The van der Waals surface area contributed by atoms with E-state index in [9.17, 15) is 0 Å². The molecule has 2 saturated carbocycles. The lowest BCUT2D eigenvalue weighted by Gasteiger charge is -2.28. The molecule has 1 aromatic carbocycles. The molecule has 0 heterocycles. The Bertz CT molecular complexity index is 414. The highest BCUT2D eigenvalue weighted by Gasteiger charge is 2.41. The van der Waals surface area contributed by atoms with E-state index < -0.39 is 0 Å². The number of hydrogen-bond donors (Lipinski definition) is 1. The molecule has 2 aliphatic rings. The highest BCUT2D eigenvalue weighted by Crippen LogP contribution is 2.49. The van der Waals surface area contributed by atoms with Crippen molar-refractivity contribution in [1.29, 1.82) is 0 Å². The summed E-state index contributed by atoms with van der Waals surface area (Å²) in [6.07, 6.45) is 5.93. The molecular formula is C17H25NO. The standard InChI is InChI=1S/C17H25NO/c1-12(17-10-14-3-6-15(17)9-14)18-11-13-4-7-16(19-2)8-5-13/h4-5,7-8,12,14-15,17-18H,3,6,9-11H2,1-2H3/t12-,14+,15+,17+/m1/s1. The molecule has 104 valence electrons. The van der Waals surface area contributed by atoms with Crippen LogP contribution in [0.5, 0.6) is 5.75 Å². The zero-order chi connectivity index (χ0) is 13.2. The van der Waals surface area contributed by atoms with Gasteiger partial charge in [0.1, 0.15) is 5.75 Å². The van der Waals surface area contributed by atoms with Crippen molar-refractivity contribution in [2.45, 2.75) is 45.2 Å². The van der Waals surface area contributed by atoms with Crippen LogP contribution in [-0.2, 0) is 6.54 Å². The van der Waals surface area contributed by atoms with E-state index in [0.29, 0.717) is 6.04 Å². The molecule has 0 radical (unpaired) electrons. The predicted molar refractivity (Wildman–Crippen MR) is 78.2 cm³/mol. The maximum absolute atomic E-state index is 5.19. The molecule has 2 nitrogen and oxygen atoms in total. The Hall–Kier alpha value is -1.02. The van der Waals surface area contributed by atoms with Crippen molar-refractivity contribution in [3.63, 3.8) is 0 Å². The van der Waals surface area contributed by atoms with Crippen LogP contribution in [0.4, 0.5) is 0 Å². The van der Waals surface area contributed by atoms with Gasteiger partial charge in [0.2, 0.25) is 0 Å². The van der Waals surface area contributed by atoms with Crippen LogP contribution in [0.3, 0.4) is 0 Å². The van der Waals surface area contributed by atoms with Gasteiger partial charge in [0, 0.05) is 12.6 Å². The first-order valence-electron chi connectivity index (χ1n) is 7.62. The minimum Gasteiger partial charge on any atom is -0.497 e. The maximum atomic E-state index is 5.19. The van der Waals surface area contributed by atoms with Crippen molar-refractivity contribution in [3.8, 4) is 5.75 Å². The average molecular weight is 259 g/mol. The largest absolute Gasteiger partial charge is 0.497 e. The summed E-state index contributed by atoms with van der Waals surface area (Å²) < 4.78 is 5.19. The Morgan fingerprint density at radius 2 is 2.00 bits per heavy atom. The van der Waals surface area contributed by atoms with Crippen molar-refractivity contribution >= 4 is 0 Å². The number of hydrogen-bond acceptors (Lipinski definition) is 2. The van der Waals surface area contributed by atoms with Gasteiger partial charge in [-0.05, 0) is 61.6 Å². The van der Waals surface area contributed by atoms with Crippen molar-refractivity contribution in [2.75, 3.05) is 7.11 Å². The molecule has 1 aromatic rings. The summed E-state index contributed by atoms with van der Waals surface area (Å²) in [5, 5.41) is 3.72. The first-order chi connectivity index (χ1) is 9.26. The molecule has 0 aliphatic heterocycles. The molecule has 0 aromatic heterocycles. The third kappa shape index (κ3) is 2.79. The van der Waals surface area contributed by atoms with Crippen LogP contribution < -0.4 is 10.1 Å². The Labute approximate surface area is 116 Å². The summed E-state index contributed by atoms with van der Waals surface area (Å²) >= 11 is 0. The van der Waals surface area contributed by atoms with Gasteiger partial charge in [0.05, 0.1) is 7.11 Å². The predicted octanol–water partition coefficient (Wildman–Crippen LogP) is 3.61. The molecule has 2 aliphatic carbocycles. The van der Waals surface area contributed by atoms with E-state index in [1.54, 1.807) is 7.11 Å². The number of benzene rings is 1. The second-order valence-corrected chi connectivity index (χ2v) is 6.36. The Kier molecular flexibility index (Phi) is 3.79. The van der Waals surface area contributed by atoms with Gasteiger partial charge in [0.25, 0.3) is 0 Å². The van der Waals surface area contributed by atoms with Crippen molar-refractivity contribution < 1.29 is 4.74 Å². The van der Waals surface area contributed by atoms with E-state index in [0.717, 1.165) is 30.0 Å². The highest BCUT2D eigenvalue weighted by atomic mass is 16.5. The van der Waals surface area contributed by atoms with Crippen LogP contribution in [0.25, 0.3) is 0 Å². The van der Waals surface area contributed by atoms with Gasteiger partial charge in [-0.15, -0.1) is 0 Å². The van der Waals surface area contributed by atoms with Gasteiger partial charge in [-0.2, -0.15) is 0 Å². The van der Waals surface area contributed by atoms with Gasteiger partial charge in [-0.25, -0.2) is 0 Å². The van der Waals surface area contributed by atoms with Crippen LogP contribution >= 0.6 is 0 Å². The first-order valence-corrected chi connectivity index (χ1v) is 7.62. The van der Waals surface area contributed by atoms with Gasteiger partial charge >= 0.3 is 0 Å². The number of methoxy groups -OCH3 is 1. The Balaban J connectivity index is 1.51. The van der Waals surface area contributed by atoms with E-state index >= 15 is 0 Å². The van der Waals surface area contributed by atoms with Crippen molar-refractivity contribution in [3.05, 3.63) is 29.8 Å². The molecule has 19 heavy (non-hydrogen) atoms. The fraction of sp³-hybridized carbons (Fsp3) is 0.647. The van der Waals surface area contributed by atoms with E-state index in [1.807, 2.05) is 12.1 Å². The minimum absolute atomic E-state index is 0.650. The lowest BCUT2D eigenvalue weighted by Crippen LogP contribution is -2.35. The summed E-state index contributed by atoms with van der Waals surface area (Å²) in [5.74, 6) is 3.89. The van der Waals surface area contributed by atoms with Gasteiger partial charge in [-0.3, -0.25) is 0 Å². The number of fused-ring (bicyclic) bond motifs is 2. The second-order valence-electron chi connectivity index (χ2n) is 6.36. The van der Waals surface area contributed by atoms with Crippen LogP contribution in [0.2, 0.25) is 0 Å². The fourth-order valence-electron chi connectivity index (χ4n) is 4.08. The third-order valence-electron chi connectivity index (χ3n) is 5.22. The normalized spacial score (nSPS) is 30.5. The zero-order valence-corrected chi connectivity index (χ0v) is 12.1. The first kappa shape index (κ1) is 13.0. The summed E-state index contributed by atoms with van der Waals surface area (Å²) in [6.45, 7) is 3.34. The molecule has 4 atom stereocenters. The van der Waals surface area contributed by atoms with Gasteiger partial charge in [-0.1, -0.05) is 18.6 Å². The maximum Gasteiger partial charge on any atom is 0.118 e. The van der Waals surface area contributed by atoms with Crippen LogP contribution in [0, 0.1) is 17.8 Å².